The number of carbonyl (C=O) groups is 1. The lowest BCUT2D eigenvalue weighted by molar-refractivity contribution is 0.103. The minimum atomic E-state index is -0.177. The van der Waals surface area contributed by atoms with Gasteiger partial charge in [-0.3, -0.25) is 4.79 Å². The summed E-state index contributed by atoms with van der Waals surface area (Å²) in [7, 11) is 0. The molecule has 0 unspecified atom stereocenters. The van der Waals surface area contributed by atoms with Gasteiger partial charge in [0.05, 0.1) is 13.2 Å². The monoisotopic (exact) mass is 242 g/mol. The van der Waals surface area contributed by atoms with Crippen molar-refractivity contribution in [2.75, 3.05) is 0 Å². The van der Waals surface area contributed by atoms with E-state index in [1.54, 1.807) is 48.5 Å². The Hall–Kier alpha value is -1.97. The van der Waals surface area contributed by atoms with Crippen LogP contribution in [0.5, 0.6) is 0 Å². The third-order valence-corrected chi connectivity index (χ3v) is 2.86. The van der Waals surface area contributed by atoms with Gasteiger partial charge in [-0.15, -0.1) is 0 Å². The molecule has 2 aromatic rings. The Morgan fingerprint density at radius 3 is 1.56 bits per heavy atom. The van der Waals surface area contributed by atoms with Crippen molar-refractivity contribution in [3.63, 3.8) is 0 Å². The molecule has 0 radical (unpaired) electrons. The molecule has 0 spiro atoms. The molecule has 0 saturated heterocycles. The molecule has 18 heavy (non-hydrogen) atoms. The maximum atomic E-state index is 12.4. The summed E-state index contributed by atoms with van der Waals surface area (Å²) in [5.74, 6) is -0.177. The predicted molar refractivity (Wildman–Crippen MR) is 68.2 cm³/mol. The van der Waals surface area contributed by atoms with E-state index in [0.717, 1.165) is 0 Å². The first-order chi connectivity index (χ1) is 8.77. The van der Waals surface area contributed by atoms with Crippen LogP contribution in [0.25, 0.3) is 0 Å². The largest absolute Gasteiger partial charge is 0.392 e. The molecular formula is C15H14O3. The molecule has 2 rings (SSSR count). The second-order valence-electron chi connectivity index (χ2n) is 3.96. The van der Waals surface area contributed by atoms with Crippen LogP contribution in [0.1, 0.15) is 27.0 Å². The smallest absolute Gasteiger partial charge is 0.193 e. The van der Waals surface area contributed by atoms with Gasteiger partial charge in [0.15, 0.2) is 5.78 Å². The number of hydrogen-bond donors (Lipinski definition) is 2. The fourth-order valence-electron chi connectivity index (χ4n) is 1.90. The summed E-state index contributed by atoms with van der Waals surface area (Å²) < 4.78 is 0. The lowest BCUT2D eigenvalue weighted by Gasteiger charge is -2.09. The van der Waals surface area contributed by atoms with Crippen LogP contribution in [0.3, 0.4) is 0 Å². The normalized spacial score (nSPS) is 10.3. The van der Waals surface area contributed by atoms with Gasteiger partial charge in [0, 0.05) is 11.1 Å². The zero-order chi connectivity index (χ0) is 13.0. The van der Waals surface area contributed by atoms with Gasteiger partial charge in [0.25, 0.3) is 0 Å². The zero-order valence-electron chi connectivity index (χ0n) is 9.84. The van der Waals surface area contributed by atoms with E-state index in [1.165, 1.54) is 0 Å². The second kappa shape index (κ2) is 5.58. The third-order valence-electron chi connectivity index (χ3n) is 2.86. The summed E-state index contributed by atoms with van der Waals surface area (Å²) in [5, 5.41) is 18.5. The van der Waals surface area contributed by atoms with Gasteiger partial charge < -0.3 is 10.2 Å². The molecule has 92 valence electrons. The quantitative estimate of drug-likeness (QED) is 0.805. The molecule has 0 aromatic heterocycles. The van der Waals surface area contributed by atoms with E-state index in [0.29, 0.717) is 22.3 Å². The Balaban J connectivity index is 2.48. The van der Waals surface area contributed by atoms with Gasteiger partial charge in [0.2, 0.25) is 0 Å². The molecule has 0 aliphatic carbocycles. The Bertz CT molecular complexity index is 512. The number of ketones is 1. The van der Waals surface area contributed by atoms with Crippen molar-refractivity contribution in [3.8, 4) is 0 Å². The van der Waals surface area contributed by atoms with Crippen molar-refractivity contribution in [3.05, 3.63) is 70.8 Å². The third kappa shape index (κ3) is 2.32. The fraction of sp³-hybridized carbons (Fsp3) is 0.133. The SMILES string of the molecule is O=C(c1ccccc1CO)c1ccccc1CO. The van der Waals surface area contributed by atoms with Crippen LogP contribution in [0, 0.1) is 0 Å². The summed E-state index contributed by atoms with van der Waals surface area (Å²) in [6.07, 6.45) is 0. The van der Waals surface area contributed by atoms with Crippen LogP contribution >= 0.6 is 0 Å². The van der Waals surface area contributed by atoms with Crippen molar-refractivity contribution in [2.45, 2.75) is 13.2 Å². The highest BCUT2D eigenvalue weighted by atomic mass is 16.3. The highest BCUT2D eigenvalue weighted by molar-refractivity contribution is 6.10. The highest BCUT2D eigenvalue weighted by Crippen LogP contribution is 2.17. The van der Waals surface area contributed by atoms with Crippen LogP contribution in [-0.2, 0) is 13.2 Å². The van der Waals surface area contributed by atoms with Gasteiger partial charge in [-0.1, -0.05) is 48.5 Å². The van der Waals surface area contributed by atoms with Crippen molar-refractivity contribution in [1.82, 2.24) is 0 Å². The van der Waals surface area contributed by atoms with Gasteiger partial charge in [-0.05, 0) is 11.1 Å². The molecular weight excluding hydrogens is 228 g/mol. The van der Waals surface area contributed by atoms with E-state index < -0.39 is 0 Å². The summed E-state index contributed by atoms with van der Waals surface area (Å²) in [4.78, 5) is 12.4. The predicted octanol–water partition coefficient (Wildman–Crippen LogP) is 1.90. The molecule has 0 saturated carbocycles. The number of benzene rings is 2. The molecule has 0 fully saturated rings. The van der Waals surface area contributed by atoms with Gasteiger partial charge in [0.1, 0.15) is 0 Å². The fourth-order valence-corrected chi connectivity index (χ4v) is 1.90. The Labute approximate surface area is 105 Å². The number of carbonyl (C=O) groups excluding carboxylic acids is 1. The van der Waals surface area contributed by atoms with E-state index in [4.69, 9.17) is 0 Å². The Kier molecular flexibility index (Phi) is 3.87. The van der Waals surface area contributed by atoms with Crippen LogP contribution in [-0.4, -0.2) is 16.0 Å². The first-order valence-corrected chi connectivity index (χ1v) is 5.70. The van der Waals surface area contributed by atoms with E-state index in [1.807, 2.05) is 0 Å². The topological polar surface area (TPSA) is 57.5 Å². The van der Waals surface area contributed by atoms with Crippen molar-refractivity contribution < 1.29 is 15.0 Å². The molecule has 0 amide bonds. The summed E-state index contributed by atoms with van der Waals surface area (Å²) >= 11 is 0. The van der Waals surface area contributed by atoms with E-state index in [-0.39, 0.29) is 19.0 Å². The minimum absolute atomic E-state index is 0.177. The molecule has 3 heteroatoms. The lowest BCUT2D eigenvalue weighted by Crippen LogP contribution is -2.08. The molecule has 0 heterocycles. The van der Waals surface area contributed by atoms with Crippen molar-refractivity contribution in [1.29, 1.82) is 0 Å². The maximum Gasteiger partial charge on any atom is 0.193 e. The van der Waals surface area contributed by atoms with Crippen molar-refractivity contribution in [2.24, 2.45) is 0 Å². The number of hydrogen-bond acceptors (Lipinski definition) is 3. The zero-order valence-corrected chi connectivity index (χ0v) is 9.84. The second-order valence-corrected chi connectivity index (χ2v) is 3.96. The van der Waals surface area contributed by atoms with Crippen LogP contribution in [0.15, 0.2) is 48.5 Å². The Morgan fingerprint density at radius 2 is 1.17 bits per heavy atom. The molecule has 2 aromatic carbocycles. The van der Waals surface area contributed by atoms with Gasteiger partial charge in [-0.2, -0.15) is 0 Å². The van der Waals surface area contributed by atoms with Crippen LogP contribution in [0.2, 0.25) is 0 Å². The van der Waals surface area contributed by atoms with Gasteiger partial charge in [-0.25, -0.2) is 0 Å². The molecule has 2 N–H and O–H groups in total. The first kappa shape index (κ1) is 12.5. The van der Waals surface area contributed by atoms with Crippen LogP contribution in [0.4, 0.5) is 0 Å². The summed E-state index contributed by atoms with van der Waals surface area (Å²) in [5.41, 5.74) is 2.13. The maximum absolute atomic E-state index is 12.4. The van der Waals surface area contributed by atoms with E-state index >= 15 is 0 Å². The molecule has 0 aliphatic heterocycles. The number of rotatable bonds is 4. The van der Waals surface area contributed by atoms with Crippen LogP contribution < -0.4 is 0 Å². The standard InChI is InChI=1S/C15H14O3/c16-9-11-5-1-3-7-13(11)15(18)14-8-4-2-6-12(14)10-17/h1-8,16-17H,9-10H2. The molecule has 0 atom stereocenters. The average Bonchev–Trinajstić information content (AvgIpc) is 2.46. The summed E-state index contributed by atoms with van der Waals surface area (Å²) in [6, 6.07) is 13.9. The average molecular weight is 242 g/mol. The molecule has 3 nitrogen and oxygen atoms in total. The molecule has 0 bridgehead atoms. The van der Waals surface area contributed by atoms with E-state index in [9.17, 15) is 15.0 Å². The Morgan fingerprint density at radius 1 is 0.778 bits per heavy atom. The molecule has 0 aliphatic rings. The number of aliphatic hydroxyl groups excluding tert-OH is 2. The lowest BCUT2D eigenvalue weighted by atomic mass is 9.95. The van der Waals surface area contributed by atoms with E-state index in [2.05, 4.69) is 0 Å². The highest BCUT2D eigenvalue weighted by Gasteiger charge is 2.15. The summed E-state index contributed by atoms with van der Waals surface area (Å²) in [6.45, 7) is -0.355. The minimum Gasteiger partial charge on any atom is -0.392 e. The first-order valence-electron chi connectivity index (χ1n) is 5.70. The van der Waals surface area contributed by atoms with Gasteiger partial charge >= 0.3 is 0 Å². The van der Waals surface area contributed by atoms with Crippen molar-refractivity contribution >= 4 is 5.78 Å². The number of aliphatic hydroxyl groups is 2.